The normalized spacial score (nSPS) is 18.6. The third-order valence-electron chi connectivity index (χ3n) is 3.48. The Kier molecular flexibility index (Phi) is 4.12. The van der Waals surface area contributed by atoms with Gasteiger partial charge >= 0.3 is 0 Å². The fourth-order valence-corrected chi connectivity index (χ4v) is 2.78. The van der Waals surface area contributed by atoms with E-state index in [4.69, 9.17) is 14.2 Å². The second kappa shape index (κ2) is 6.01. The number of hydrogen-bond donors (Lipinski definition) is 1. The van der Waals surface area contributed by atoms with Gasteiger partial charge in [-0.3, -0.25) is 4.79 Å². The minimum absolute atomic E-state index is 0.0175. The molecular weight excluding hydrogens is 326 g/mol. The van der Waals surface area contributed by atoms with Crippen LogP contribution in [0.15, 0.2) is 16.6 Å². The van der Waals surface area contributed by atoms with Crippen LogP contribution in [-0.4, -0.2) is 32.3 Å². The molecule has 0 bridgehead atoms. The maximum atomic E-state index is 12.2. The molecule has 2 heterocycles. The number of rotatable bonds is 2. The molecule has 0 saturated carbocycles. The van der Waals surface area contributed by atoms with Crippen molar-refractivity contribution < 1.29 is 19.0 Å². The summed E-state index contributed by atoms with van der Waals surface area (Å²) in [5.41, 5.74) is 0.714. The fraction of sp³-hybridized carbons (Fsp3) is 0.500. The Morgan fingerprint density at radius 3 is 2.45 bits per heavy atom. The highest BCUT2D eigenvalue weighted by atomic mass is 79.9. The van der Waals surface area contributed by atoms with Crippen molar-refractivity contribution in [3.8, 4) is 11.5 Å². The zero-order valence-electron chi connectivity index (χ0n) is 11.0. The molecule has 1 fully saturated rings. The van der Waals surface area contributed by atoms with Gasteiger partial charge in [0, 0.05) is 35.7 Å². The molecule has 0 unspecified atom stereocenters. The Labute approximate surface area is 125 Å². The van der Waals surface area contributed by atoms with Gasteiger partial charge in [-0.15, -0.1) is 0 Å². The summed E-state index contributed by atoms with van der Waals surface area (Å²) in [6, 6.07) is 3.63. The molecule has 1 N–H and O–H groups in total. The number of halogens is 1. The minimum atomic E-state index is 0.0175. The smallest absolute Gasteiger partial charge is 0.227 e. The van der Waals surface area contributed by atoms with Gasteiger partial charge < -0.3 is 19.5 Å². The van der Waals surface area contributed by atoms with Crippen molar-refractivity contribution in [3.05, 3.63) is 16.6 Å². The summed E-state index contributed by atoms with van der Waals surface area (Å²) in [4.78, 5) is 12.2. The first-order chi connectivity index (χ1) is 9.74. The SMILES string of the molecule is O=C(Nc1cc2c(cc1Br)OCCO2)C1CCOCC1. The lowest BCUT2D eigenvalue weighted by Crippen LogP contribution is -2.28. The first-order valence-electron chi connectivity index (χ1n) is 6.72. The monoisotopic (exact) mass is 341 g/mol. The number of carbonyl (C=O) groups is 1. The van der Waals surface area contributed by atoms with Crippen LogP contribution < -0.4 is 14.8 Å². The minimum Gasteiger partial charge on any atom is -0.486 e. The topological polar surface area (TPSA) is 56.8 Å². The number of ether oxygens (including phenoxy) is 3. The summed E-state index contributed by atoms with van der Waals surface area (Å²) < 4.78 is 17.1. The molecular formula is C14H16BrNO4. The van der Waals surface area contributed by atoms with Crippen molar-refractivity contribution in [3.63, 3.8) is 0 Å². The van der Waals surface area contributed by atoms with Gasteiger partial charge in [-0.25, -0.2) is 0 Å². The molecule has 6 heteroatoms. The molecule has 5 nitrogen and oxygen atoms in total. The van der Waals surface area contributed by atoms with Gasteiger partial charge in [-0.1, -0.05) is 0 Å². The number of benzene rings is 1. The molecule has 1 aromatic rings. The third kappa shape index (κ3) is 2.91. The Bertz CT molecular complexity index is 514. The maximum absolute atomic E-state index is 12.2. The fourth-order valence-electron chi connectivity index (χ4n) is 2.35. The molecule has 108 valence electrons. The van der Waals surface area contributed by atoms with Crippen molar-refractivity contribution in [2.45, 2.75) is 12.8 Å². The first kappa shape index (κ1) is 13.7. The Balaban J connectivity index is 1.74. The van der Waals surface area contributed by atoms with E-state index in [9.17, 15) is 4.79 Å². The number of fused-ring (bicyclic) bond motifs is 1. The summed E-state index contributed by atoms with van der Waals surface area (Å²) in [6.07, 6.45) is 1.54. The molecule has 0 atom stereocenters. The predicted octanol–water partition coefficient (Wildman–Crippen LogP) is 2.59. The van der Waals surface area contributed by atoms with Gasteiger partial charge in [-0.05, 0) is 28.8 Å². The van der Waals surface area contributed by atoms with Crippen molar-refractivity contribution in [1.82, 2.24) is 0 Å². The van der Waals surface area contributed by atoms with Gasteiger partial charge in [0.2, 0.25) is 5.91 Å². The van der Waals surface area contributed by atoms with Crippen LogP contribution in [0.25, 0.3) is 0 Å². The van der Waals surface area contributed by atoms with Gasteiger partial charge in [0.25, 0.3) is 0 Å². The Morgan fingerprint density at radius 1 is 1.10 bits per heavy atom. The molecule has 0 aliphatic carbocycles. The average molecular weight is 342 g/mol. The summed E-state index contributed by atoms with van der Waals surface area (Å²) in [5, 5.41) is 2.95. The quantitative estimate of drug-likeness (QED) is 0.898. The lowest BCUT2D eigenvalue weighted by Gasteiger charge is -2.23. The van der Waals surface area contributed by atoms with Crippen LogP contribution in [0.5, 0.6) is 11.5 Å². The van der Waals surface area contributed by atoms with Gasteiger partial charge in [0.1, 0.15) is 13.2 Å². The predicted molar refractivity (Wildman–Crippen MR) is 77.3 cm³/mol. The molecule has 0 radical (unpaired) electrons. The van der Waals surface area contributed by atoms with Crippen LogP contribution in [0.3, 0.4) is 0 Å². The van der Waals surface area contributed by atoms with E-state index in [0.717, 1.165) is 17.3 Å². The highest BCUT2D eigenvalue weighted by molar-refractivity contribution is 9.10. The second-order valence-electron chi connectivity index (χ2n) is 4.85. The summed E-state index contributed by atoms with van der Waals surface area (Å²) in [7, 11) is 0. The summed E-state index contributed by atoms with van der Waals surface area (Å²) in [6.45, 7) is 2.38. The molecule has 1 saturated heterocycles. The van der Waals surface area contributed by atoms with E-state index in [1.807, 2.05) is 6.07 Å². The molecule has 0 aromatic heterocycles. The molecule has 2 aliphatic rings. The van der Waals surface area contributed by atoms with Crippen LogP contribution in [0, 0.1) is 5.92 Å². The lowest BCUT2D eigenvalue weighted by atomic mass is 9.99. The van der Waals surface area contributed by atoms with Crippen LogP contribution in [0.2, 0.25) is 0 Å². The van der Waals surface area contributed by atoms with Crippen LogP contribution in [0.4, 0.5) is 5.69 Å². The number of anilines is 1. The van der Waals surface area contributed by atoms with E-state index in [2.05, 4.69) is 21.2 Å². The molecule has 2 aliphatic heterocycles. The third-order valence-corrected chi connectivity index (χ3v) is 4.14. The number of carbonyl (C=O) groups excluding carboxylic acids is 1. The van der Waals surface area contributed by atoms with E-state index < -0.39 is 0 Å². The summed E-state index contributed by atoms with van der Waals surface area (Å²) in [5.74, 6) is 1.42. The summed E-state index contributed by atoms with van der Waals surface area (Å²) >= 11 is 3.45. The molecule has 20 heavy (non-hydrogen) atoms. The molecule has 3 rings (SSSR count). The lowest BCUT2D eigenvalue weighted by molar-refractivity contribution is -0.122. The molecule has 1 amide bonds. The standard InChI is InChI=1S/C14H16BrNO4/c15-10-7-12-13(20-6-5-19-12)8-11(10)16-14(17)9-1-3-18-4-2-9/h7-9H,1-6H2,(H,16,17). The maximum Gasteiger partial charge on any atom is 0.227 e. The van der Waals surface area contributed by atoms with E-state index in [1.54, 1.807) is 6.07 Å². The van der Waals surface area contributed by atoms with E-state index in [1.165, 1.54) is 0 Å². The van der Waals surface area contributed by atoms with E-state index in [0.29, 0.717) is 43.6 Å². The van der Waals surface area contributed by atoms with E-state index in [-0.39, 0.29) is 11.8 Å². The number of hydrogen-bond acceptors (Lipinski definition) is 4. The van der Waals surface area contributed by atoms with Gasteiger partial charge in [0.15, 0.2) is 11.5 Å². The Morgan fingerprint density at radius 2 is 1.75 bits per heavy atom. The van der Waals surface area contributed by atoms with E-state index >= 15 is 0 Å². The zero-order valence-corrected chi connectivity index (χ0v) is 12.6. The number of nitrogens with one attached hydrogen (secondary N) is 1. The van der Waals surface area contributed by atoms with Crippen molar-refractivity contribution in [1.29, 1.82) is 0 Å². The second-order valence-corrected chi connectivity index (χ2v) is 5.71. The molecule has 1 aromatic carbocycles. The average Bonchev–Trinajstić information content (AvgIpc) is 2.49. The van der Waals surface area contributed by atoms with Gasteiger partial charge in [0.05, 0.1) is 5.69 Å². The molecule has 0 spiro atoms. The van der Waals surface area contributed by atoms with Crippen LogP contribution in [0.1, 0.15) is 12.8 Å². The number of amides is 1. The van der Waals surface area contributed by atoms with Gasteiger partial charge in [-0.2, -0.15) is 0 Å². The Hall–Kier alpha value is -1.27. The van der Waals surface area contributed by atoms with Crippen LogP contribution in [-0.2, 0) is 9.53 Å². The highest BCUT2D eigenvalue weighted by Gasteiger charge is 2.23. The largest absolute Gasteiger partial charge is 0.486 e. The van der Waals surface area contributed by atoms with Crippen LogP contribution >= 0.6 is 15.9 Å². The van der Waals surface area contributed by atoms with Crippen molar-refractivity contribution >= 4 is 27.5 Å². The highest BCUT2D eigenvalue weighted by Crippen LogP contribution is 2.38. The first-order valence-corrected chi connectivity index (χ1v) is 7.51. The zero-order chi connectivity index (χ0) is 13.9. The van der Waals surface area contributed by atoms with Crippen molar-refractivity contribution in [2.24, 2.45) is 5.92 Å². The van der Waals surface area contributed by atoms with Crippen molar-refractivity contribution in [2.75, 3.05) is 31.7 Å².